The van der Waals surface area contributed by atoms with Gasteiger partial charge in [0.2, 0.25) is 10.0 Å². The van der Waals surface area contributed by atoms with E-state index in [2.05, 4.69) is 11.6 Å². The quantitative estimate of drug-likeness (QED) is 0.774. The normalized spacial score (nSPS) is 17.6. The molecule has 0 spiro atoms. The van der Waals surface area contributed by atoms with Gasteiger partial charge in [-0.25, -0.2) is 13.1 Å². The maximum absolute atomic E-state index is 12.0. The number of benzene rings is 1. The molecule has 1 aromatic rings. The summed E-state index contributed by atoms with van der Waals surface area (Å²) in [5, 5.41) is 0. The molecule has 100 valence electrons. The van der Waals surface area contributed by atoms with Crippen molar-refractivity contribution < 1.29 is 8.42 Å². The second-order valence-corrected chi connectivity index (χ2v) is 6.94. The van der Waals surface area contributed by atoms with Crippen LogP contribution in [-0.4, -0.2) is 15.0 Å². The Balaban J connectivity index is 1.98. The molecule has 4 nitrogen and oxygen atoms in total. The first-order chi connectivity index (χ1) is 8.46. The van der Waals surface area contributed by atoms with E-state index in [4.69, 9.17) is 5.73 Å². The number of rotatable bonds is 6. The van der Waals surface area contributed by atoms with E-state index in [1.54, 1.807) is 24.3 Å². The van der Waals surface area contributed by atoms with Gasteiger partial charge < -0.3 is 5.73 Å². The van der Waals surface area contributed by atoms with E-state index in [1.165, 1.54) is 0 Å². The van der Waals surface area contributed by atoms with Crippen LogP contribution in [-0.2, 0) is 15.8 Å². The third-order valence-electron chi connectivity index (χ3n) is 3.77. The summed E-state index contributed by atoms with van der Waals surface area (Å²) >= 11 is 0. The van der Waals surface area contributed by atoms with Crippen molar-refractivity contribution in [2.45, 2.75) is 31.9 Å². The average Bonchev–Trinajstić information content (AvgIpc) is 3.11. The molecule has 1 fully saturated rings. The van der Waals surface area contributed by atoms with E-state index in [0.29, 0.717) is 17.8 Å². The number of hydrogen-bond donors (Lipinski definition) is 2. The van der Waals surface area contributed by atoms with Crippen LogP contribution in [0, 0.1) is 5.41 Å². The van der Waals surface area contributed by atoms with Gasteiger partial charge in [-0.3, -0.25) is 0 Å². The highest BCUT2D eigenvalue weighted by Gasteiger charge is 2.41. The Hall–Kier alpha value is -1.07. The van der Waals surface area contributed by atoms with Crippen LogP contribution < -0.4 is 10.5 Å². The van der Waals surface area contributed by atoms with Crippen LogP contribution in [0.5, 0.6) is 0 Å². The summed E-state index contributed by atoms with van der Waals surface area (Å²) in [4.78, 5) is 0. The average molecular weight is 268 g/mol. The molecule has 5 heteroatoms. The lowest BCUT2D eigenvalue weighted by atomic mass is 10.1. The second kappa shape index (κ2) is 4.90. The van der Waals surface area contributed by atoms with Crippen molar-refractivity contribution in [1.82, 2.24) is 4.72 Å². The predicted molar refractivity (Wildman–Crippen MR) is 73.4 cm³/mol. The molecule has 0 heterocycles. The molecule has 0 saturated heterocycles. The molecule has 1 aliphatic carbocycles. The van der Waals surface area contributed by atoms with E-state index in [0.717, 1.165) is 19.3 Å². The van der Waals surface area contributed by atoms with Gasteiger partial charge in [-0.2, -0.15) is 0 Å². The zero-order valence-electron chi connectivity index (χ0n) is 10.6. The number of sulfonamides is 1. The number of para-hydroxylation sites is 1. The smallest absolute Gasteiger partial charge is 0.215 e. The topological polar surface area (TPSA) is 72.2 Å². The molecule has 1 aliphatic rings. The third-order valence-corrected chi connectivity index (χ3v) is 5.05. The van der Waals surface area contributed by atoms with Gasteiger partial charge in [0, 0.05) is 12.2 Å². The molecule has 0 unspecified atom stereocenters. The molecule has 1 aromatic carbocycles. The van der Waals surface area contributed by atoms with Crippen molar-refractivity contribution in [3.8, 4) is 0 Å². The maximum Gasteiger partial charge on any atom is 0.215 e. The second-order valence-electron chi connectivity index (χ2n) is 5.13. The van der Waals surface area contributed by atoms with Gasteiger partial charge in [0.15, 0.2) is 0 Å². The first-order valence-electron chi connectivity index (χ1n) is 6.27. The molecular weight excluding hydrogens is 248 g/mol. The summed E-state index contributed by atoms with van der Waals surface area (Å²) in [6.45, 7) is 2.66. The van der Waals surface area contributed by atoms with E-state index in [9.17, 15) is 8.42 Å². The fourth-order valence-corrected chi connectivity index (χ4v) is 3.32. The van der Waals surface area contributed by atoms with E-state index >= 15 is 0 Å². The van der Waals surface area contributed by atoms with Crippen LogP contribution in [0.2, 0.25) is 0 Å². The van der Waals surface area contributed by atoms with Gasteiger partial charge >= 0.3 is 0 Å². The van der Waals surface area contributed by atoms with E-state index in [-0.39, 0.29) is 11.2 Å². The van der Waals surface area contributed by atoms with Crippen LogP contribution >= 0.6 is 0 Å². The lowest BCUT2D eigenvalue weighted by Gasteiger charge is -2.14. The van der Waals surface area contributed by atoms with Crippen molar-refractivity contribution in [2.24, 2.45) is 5.41 Å². The van der Waals surface area contributed by atoms with E-state index < -0.39 is 10.0 Å². The minimum atomic E-state index is -3.29. The standard InChI is InChI=1S/C13H20N2O2S/c1-2-13(7-8-13)10-15-18(16,17)9-11-5-3-4-6-12(11)14/h3-6,15H,2,7-10,14H2,1H3. The molecule has 18 heavy (non-hydrogen) atoms. The highest BCUT2D eigenvalue weighted by molar-refractivity contribution is 7.88. The van der Waals surface area contributed by atoms with Gasteiger partial charge in [0.05, 0.1) is 5.75 Å². The summed E-state index contributed by atoms with van der Waals surface area (Å²) in [7, 11) is -3.29. The number of anilines is 1. The molecule has 0 atom stereocenters. The Morgan fingerprint density at radius 3 is 2.56 bits per heavy atom. The van der Waals surface area contributed by atoms with Crippen molar-refractivity contribution in [2.75, 3.05) is 12.3 Å². The maximum atomic E-state index is 12.0. The van der Waals surface area contributed by atoms with Gasteiger partial charge in [-0.05, 0) is 36.3 Å². The number of hydrogen-bond acceptors (Lipinski definition) is 3. The Morgan fingerprint density at radius 2 is 2.00 bits per heavy atom. The summed E-state index contributed by atoms with van der Waals surface area (Å²) in [5.41, 5.74) is 7.16. The molecule has 2 rings (SSSR count). The molecule has 0 aromatic heterocycles. The Bertz CT molecular complexity index is 522. The predicted octanol–water partition coefficient (Wildman–Crippen LogP) is 1.88. The monoisotopic (exact) mass is 268 g/mol. The first kappa shape index (κ1) is 13.4. The Labute approximate surface area is 109 Å². The van der Waals surface area contributed by atoms with Crippen LogP contribution in [0.15, 0.2) is 24.3 Å². The summed E-state index contributed by atoms with van der Waals surface area (Å²) in [6.07, 6.45) is 3.28. The fraction of sp³-hybridized carbons (Fsp3) is 0.538. The molecule has 3 N–H and O–H groups in total. The van der Waals surface area contributed by atoms with E-state index in [1.807, 2.05) is 0 Å². The Morgan fingerprint density at radius 1 is 1.33 bits per heavy atom. The first-order valence-corrected chi connectivity index (χ1v) is 7.92. The van der Waals surface area contributed by atoms with Gasteiger partial charge in [-0.15, -0.1) is 0 Å². The molecule has 0 amide bonds. The van der Waals surface area contributed by atoms with Crippen LogP contribution in [0.3, 0.4) is 0 Å². The number of nitrogen functional groups attached to an aromatic ring is 1. The summed E-state index contributed by atoms with van der Waals surface area (Å²) in [5.74, 6) is -0.0422. The Kier molecular flexibility index (Phi) is 3.64. The molecule has 0 bridgehead atoms. The zero-order valence-corrected chi connectivity index (χ0v) is 11.5. The lowest BCUT2D eigenvalue weighted by molar-refractivity contribution is 0.475. The van der Waals surface area contributed by atoms with Gasteiger partial charge in [-0.1, -0.05) is 25.1 Å². The van der Waals surface area contributed by atoms with Gasteiger partial charge in [0.1, 0.15) is 0 Å². The molecule has 0 radical (unpaired) electrons. The van der Waals surface area contributed by atoms with Gasteiger partial charge in [0.25, 0.3) is 0 Å². The zero-order chi connectivity index (χ0) is 13.2. The van der Waals surface area contributed by atoms with Crippen molar-refractivity contribution in [1.29, 1.82) is 0 Å². The fourth-order valence-electron chi connectivity index (χ4n) is 2.02. The van der Waals surface area contributed by atoms with Crippen LogP contribution in [0.4, 0.5) is 5.69 Å². The van der Waals surface area contributed by atoms with Crippen LogP contribution in [0.25, 0.3) is 0 Å². The highest BCUT2D eigenvalue weighted by atomic mass is 32.2. The number of nitrogens with one attached hydrogen (secondary N) is 1. The highest BCUT2D eigenvalue weighted by Crippen LogP contribution is 2.47. The minimum absolute atomic E-state index is 0.0422. The third kappa shape index (κ3) is 3.23. The molecule has 0 aliphatic heterocycles. The summed E-state index contributed by atoms with van der Waals surface area (Å²) < 4.78 is 26.7. The largest absolute Gasteiger partial charge is 0.398 e. The van der Waals surface area contributed by atoms with Crippen LogP contribution in [0.1, 0.15) is 31.7 Å². The number of nitrogens with two attached hydrogens (primary N) is 1. The molecular formula is C13H20N2O2S. The SMILES string of the molecule is CCC1(CNS(=O)(=O)Cc2ccccc2N)CC1. The molecule has 1 saturated carbocycles. The van der Waals surface area contributed by atoms with Crippen molar-refractivity contribution in [3.63, 3.8) is 0 Å². The lowest BCUT2D eigenvalue weighted by Crippen LogP contribution is -2.31. The summed E-state index contributed by atoms with van der Waals surface area (Å²) in [6, 6.07) is 7.07. The minimum Gasteiger partial charge on any atom is -0.398 e. The van der Waals surface area contributed by atoms with Crippen molar-refractivity contribution >= 4 is 15.7 Å². The van der Waals surface area contributed by atoms with Crippen molar-refractivity contribution in [3.05, 3.63) is 29.8 Å².